The molecule has 0 aliphatic rings. The molecule has 0 amide bonds. The number of nitrogens with zero attached hydrogens (tertiary/aromatic N) is 2. The number of rotatable bonds is 4. The lowest BCUT2D eigenvalue weighted by Gasteiger charge is -2.10. The van der Waals surface area contributed by atoms with Gasteiger partial charge in [0.25, 0.3) is 0 Å². The number of nitrogens with one attached hydrogen (secondary N) is 1. The van der Waals surface area contributed by atoms with E-state index in [1.165, 1.54) is 0 Å². The minimum absolute atomic E-state index is 0.571. The fraction of sp³-hybridized carbons (Fsp3) is 0.0625. The van der Waals surface area contributed by atoms with Crippen molar-refractivity contribution in [3.05, 3.63) is 76.5 Å². The second-order valence-electron chi connectivity index (χ2n) is 4.57. The fourth-order valence-electron chi connectivity index (χ4n) is 2.06. The summed E-state index contributed by atoms with van der Waals surface area (Å²) >= 11 is 12.2. The normalized spacial score (nSPS) is 10.6. The van der Waals surface area contributed by atoms with Crippen molar-refractivity contribution in [2.45, 2.75) is 6.54 Å². The lowest BCUT2D eigenvalue weighted by molar-refractivity contribution is 0.880. The van der Waals surface area contributed by atoms with Gasteiger partial charge in [-0.1, -0.05) is 41.4 Å². The number of hydrogen-bond donors (Lipinski definition) is 1. The van der Waals surface area contributed by atoms with Crippen LogP contribution in [0.1, 0.15) is 5.56 Å². The van der Waals surface area contributed by atoms with Crippen LogP contribution in [0.4, 0.5) is 5.69 Å². The van der Waals surface area contributed by atoms with Crippen LogP contribution in [0.2, 0.25) is 10.0 Å². The average Bonchev–Trinajstić information content (AvgIpc) is 3.03. The van der Waals surface area contributed by atoms with Crippen molar-refractivity contribution in [2.24, 2.45) is 0 Å². The summed E-state index contributed by atoms with van der Waals surface area (Å²) in [7, 11) is 0. The first-order chi connectivity index (χ1) is 10.2. The van der Waals surface area contributed by atoms with Crippen molar-refractivity contribution in [3.8, 4) is 5.69 Å². The number of anilines is 1. The summed E-state index contributed by atoms with van der Waals surface area (Å²) in [5, 5.41) is 8.73. The van der Waals surface area contributed by atoms with E-state index in [-0.39, 0.29) is 0 Å². The van der Waals surface area contributed by atoms with E-state index >= 15 is 0 Å². The van der Waals surface area contributed by atoms with Crippen molar-refractivity contribution >= 4 is 28.9 Å². The Hall–Kier alpha value is -1.97. The van der Waals surface area contributed by atoms with Gasteiger partial charge >= 0.3 is 0 Å². The third kappa shape index (κ3) is 3.20. The highest BCUT2D eigenvalue weighted by atomic mass is 35.5. The monoisotopic (exact) mass is 317 g/mol. The molecular weight excluding hydrogens is 305 g/mol. The number of aromatic nitrogens is 2. The van der Waals surface area contributed by atoms with Crippen LogP contribution in [0.25, 0.3) is 5.69 Å². The molecule has 21 heavy (non-hydrogen) atoms. The van der Waals surface area contributed by atoms with E-state index < -0.39 is 0 Å². The number of halogens is 2. The summed E-state index contributed by atoms with van der Waals surface area (Å²) in [6.45, 7) is 0.613. The molecule has 106 valence electrons. The molecular formula is C16H13Cl2N3. The summed E-state index contributed by atoms with van der Waals surface area (Å²) in [5.74, 6) is 0. The standard InChI is InChI=1S/C16H13Cl2N3/c17-15-7-1-4-12(16(15)18)11-19-13-5-2-6-14(10-13)21-9-3-8-20-21/h1-10,19H,11H2. The largest absolute Gasteiger partial charge is 0.381 e. The van der Waals surface area contributed by atoms with Crippen LogP contribution in [-0.2, 0) is 6.54 Å². The molecule has 1 aromatic heterocycles. The van der Waals surface area contributed by atoms with E-state index in [9.17, 15) is 0 Å². The van der Waals surface area contributed by atoms with Gasteiger partial charge in [-0.15, -0.1) is 0 Å². The SMILES string of the molecule is Clc1cccc(CNc2cccc(-n3cccn3)c2)c1Cl. The van der Waals surface area contributed by atoms with Crippen LogP contribution in [0.15, 0.2) is 60.9 Å². The maximum absolute atomic E-state index is 6.19. The molecule has 3 aromatic rings. The van der Waals surface area contributed by atoms with E-state index in [1.807, 2.05) is 53.3 Å². The third-order valence-corrected chi connectivity index (χ3v) is 3.99. The Labute approximate surface area is 133 Å². The molecule has 0 fully saturated rings. The topological polar surface area (TPSA) is 29.9 Å². The van der Waals surface area contributed by atoms with Crippen LogP contribution in [0.3, 0.4) is 0 Å². The summed E-state index contributed by atoms with van der Waals surface area (Å²) in [5.41, 5.74) is 2.97. The first-order valence-corrected chi connectivity index (χ1v) is 7.26. The van der Waals surface area contributed by atoms with E-state index in [0.29, 0.717) is 16.6 Å². The van der Waals surface area contributed by atoms with Gasteiger partial charge in [-0.05, 0) is 35.9 Å². The Kier molecular flexibility index (Phi) is 4.13. The van der Waals surface area contributed by atoms with Gasteiger partial charge in [0.2, 0.25) is 0 Å². The van der Waals surface area contributed by atoms with Crippen LogP contribution >= 0.6 is 23.2 Å². The zero-order chi connectivity index (χ0) is 14.7. The molecule has 0 aliphatic heterocycles. The fourth-order valence-corrected chi connectivity index (χ4v) is 2.45. The van der Waals surface area contributed by atoms with Crippen molar-refractivity contribution in [2.75, 3.05) is 5.32 Å². The van der Waals surface area contributed by atoms with E-state index in [0.717, 1.165) is 16.9 Å². The van der Waals surface area contributed by atoms with E-state index in [1.54, 1.807) is 12.3 Å². The third-order valence-electron chi connectivity index (χ3n) is 3.13. The van der Waals surface area contributed by atoms with Crippen molar-refractivity contribution in [1.29, 1.82) is 0 Å². The van der Waals surface area contributed by atoms with Crippen molar-refractivity contribution < 1.29 is 0 Å². The minimum atomic E-state index is 0.571. The van der Waals surface area contributed by atoms with Gasteiger partial charge in [0, 0.05) is 24.6 Å². The van der Waals surface area contributed by atoms with Gasteiger partial charge in [-0.3, -0.25) is 0 Å². The quantitative estimate of drug-likeness (QED) is 0.749. The van der Waals surface area contributed by atoms with Gasteiger partial charge in [-0.2, -0.15) is 5.10 Å². The molecule has 1 heterocycles. The summed E-state index contributed by atoms with van der Waals surface area (Å²) < 4.78 is 1.82. The molecule has 3 rings (SSSR count). The predicted octanol–water partition coefficient (Wildman–Crippen LogP) is 4.79. The van der Waals surface area contributed by atoms with Gasteiger partial charge in [0.05, 0.1) is 15.7 Å². The zero-order valence-corrected chi connectivity index (χ0v) is 12.6. The number of benzene rings is 2. The summed E-state index contributed by atoms with van der Waals surface area (Å²) in [4.78, 5) is 0. The highest BCUT2D eigenvalue weighted by Gasteiger charge is 2.04. The van der Waals surface area contributed by atoms with Crippen LogP contribution < -0.4 is 5.32 Å². The molecule has 0 saturated heterocycles. The van der Waals surface area contributed by atoms with Crippen LogP contribution in [0.5, 0.6) is 0 Å². The molecule has 0 saturated carbocycles. The zero-order valence-electron chi connectivity index (χ0n) is 11.1. The van der Waals surface area contributed by atoms with E-state index in [2.05, 4.69) is 10.4 Å². The number of hydrogen-bond acceptors (Lipinski definition) is 2. The Morgan fingerprint density at radius 3 is 2.71 bits per heavy atom. The summed E-state index contributed by atoms with van der Waals surface area (Å²) in [6.07, 6.45) is 3.67. The minimum Gasteiger partial charge on any atom is -0.381 e. The van der Waals surface area contributed by atoms with Gasteiger partial charge in [0.1, 0.15) is 0 Å². The van der Waals surface area contributed by atoms with Gasteiger partial charge in [0.15, 0.2) is 0 Å². The lowest BCUT2D eigenvalue weighted by Crippen LogP contribution is -2.01. The maximum atomic E-state index is 6.19. The molecule has 3 nitrogen and oxygen atoms in total. The Bertz CT molecular complexity index is 739. The van der Waals surface area contributed by atoms with Gasteiger partial charge in [-0.25, -0.2) is 4.68 Å². The molecule has 0 radical (unpaired) electrons. The highest BCUT2D eigenvalue weighted by Crippen LogP contribution is 2.26. The van der Waals surface area contributed by atoms with Crippen molar-refractivity contribution in [3.63, 3.8) is 0 Å². The Balaban J connectivity index is 1.77. The molecule has 1 N–H and O–H groups in total. The molecule has 5 heteroatoms. The average molecular weight is 318 g/mol. The predicted molar refractivity (Wildman–Crippen MR) is 87.4 cm³/mol. The summed E-state index contributed by atoms with van der Waals surface area (Å²) in [6, 6.07) is 15.6. The molecule has 0 spiro atoms. The van der Waals surface area contributed by atoms with Gasteiger partial charge < -0.3 is 5.32 Å². The first-order valence-electron chi connectivity index (χ1n) is 6.51. The molecule has 2 aromatic carbocycles. The molecule has 0 atom stereocenters. The Morgan fingerprint density at radius 1 is 1.05 bits per heavy atom. The lowest BCUT2D eigenvalue weighted by atomic mass is 10.2. The van der Waals surface area contributed by atoms with Crippen molar-refractivity contribution in [1.82, 2.24) is 9.78 Å². The second kappa shape index (κ2) is 6.20. The van der Waals surface area contributed by atoms with Crippen LogP contribution in [0, 0.1) is 0 Å². The smallest absolute Gasteiger partial charge is 0.0666 e. The van der Waals surface area contributed by atoms with Crippen LogP contribution in [-0.4, -0.2) is 9.78 Å². The van der Waals surface area contributed by atoms with E-state index in [4.69, 9.17) is 23.2 Å². The molecule has 0 bridgehead atoms. The molecule has 0 aliphatic carbocycles. The Morgan fingerprint density at radius 2 is 1.90 bits per heavy atom. The first kappa shape index (κ1) is 14.0. The second-order valence-corrected chi connectivity index (χ2v) is 5.35. The molecule has 0 unspecified atom stereocenters. The highest BCUT2D eigenvalue weighted by molar-refractivity contribution is 6.42. The maximum Gasteiger partial charge on any atom is 0.0666 e.